The van der Waals surface area contributed by atoms with Crippen LogP contribution in [0, 0.1) is 18.8 Å². The molecule has 1 amide bonds. The highest BCUT2D eigenvalue weighted by Crippen LogP contribution is 2.48. The van der Waals surface area contributed by atoms with Gasteiger partial charge in [-0.3, -0.25) is 9.69 Å². The Balaban J connectivity index is 1.55. The molecule has 4 heteroatoms. The van der Waals surface area contributed by atoms with Gasteiger partial charge in [0.1, 0.15) is 0 Å². The Morgan fingerprint density at radius 3 is 2.86 bits per heavy atom. The number of benzene rings is 1. The van der Waals surface area contributed by atoms with E-state index in [1.165, 1.54) is 11.1 Å². The van der Waals surface area contributed by atoms with Gasteiger partial charge in [-0.15, -0.1) is 0 Å². The molecular weight excluding hydrogens is 262 g/mol. The van der Waals surface area contributed by atoms with Gasteiger partial charge in [-0.1, -0.05) is 29.8 Å². The second kappa shape index (κ2) is 4.55. The average molecular weight is 285 g/mol. The monoisotopic (exact) mass is 285 g/mol. The normalized spacial score (nSPS) is 37.9. The molecule has 21 heavy (non-hydrogen) atoms. The number of piperidine rings is 2. The largest absolute Gasteiger partial charge is 0.368 e. The fourth-order valence-corrected chi connectivity index (χ4v) is 4.70. The average Bonchev–Trinajstić information content (AvgIpc) is 2.73. The highest BCUT2D eigenvalue weighted by atomic mass is 16.1. The molecule has 3 aliphatic heterocycles. The van der Waals surface area contributed by atoms with Gasteiger partial charge >= 0.3 is 0 Å². The predicted molar refractivity (Wildman–Crippen MR) is 81.5 cm³/mol. The van der Waals surface area contributed by atoms with Crippen molar-refractivity contribution >= 4 is 5.91 Å². The van der Waals surface area contributed by atoms with E-state index in [0.29, 0.717) is 17.9 Å². The van der Waals surface area contributed by atoms with Gasteiger partial charge in [0, 0.05) is 25.7 Å². The predicted octanol–water partition coefficient (Wildman–Crippen LogP) is 1.03. The topological polar surface area (TPSA) is 58.4 Å². The first kappa shape index (κ1) is 13.3. The van der Waals surface area contributed by atoms with Crippen molar-refractivity contribution in [2.75, 3.05) is 13.1 Å². The van der Waals surface area contributed by atoms with Crippen LogP contribution in [0.3, 0.4) is 0 Å². The van der Waals surface area contributed by atoms with Gasteiger partial charge < -0.3 is 11.1 Å². The van der Waals surface area contributed by atoms with E-state index in [1.807, 2.05) is 0 Å². The first-order valence-electron chi connectivity index (χ1n) is 7.92. The molecule has 3 N–H and O–H groups in total. The number of rotatable bonds is 3. The maximum Gasteiger partial charge on any atom is 0.237 e. The first-order valence-corrected chi connectivity index (χ1v) is 7.92. The summed E-state index contributed by atoms with van der Waals surface area (Å²) in [5.41, 5.74) is 7.91. The Morgan fingerprint density at radius 1 is 1.38 bits per heavy atom. The standard InChI is InChI=1S/C17H23N3O/c1-11-2-4-12(5-3-11)9-20-10-13-6-17(16(18)21)7-15(20)14(13)8-19-17/h2-5,13-15,19H,6-10H2,1H3,(H2,18,21). The molecule has 0 radical (unpaired) electrons. The lowest BCUT2D eigenvalue weighted by molar-refractivity contribution is -0.129. The number of hydrogen-bond acceptors (Lipinski definition) is 3. The second-order valence-corrected chi connectivity index (χ2v) is 7.14. The van der Waals surface area contributed by atoms with Crippen LogP contribution < -0.4 is 11.1 Å². The van der Waals surface area contributed by atoms with Crippen LogP contribution >= 0.6 is 0 Å². The third-order valence-corrected chi connectivity index (χ3v) is 5.86. The minimum absolute atomic E-state index is 0.159. The zero-order valence-electron chi connectivity index (χ0n) is 12.5. The van der Waals surface area contributed by atoms with Gasteiger partial charge in [0.05, 0.1) is 5.54 Å². The van der Waals surface area contributed by atoms with E-state index >= 15 is 0 Å². The van der Waals surface area contributed by atoms with Crippen LogP contribution in [-0.4, -0.2) is 35.5 Å². The highest BCUT2D eigenvalue weighted by molar-refractivity contribution is 5.85. The molecule has 4 aliphatic rings. The fraction of sp³-hybridized carbons (Fsp3) is 0.588. The molecule has 4 nitrogen and oxygen atoms in total. The Labute approximate surface area is 125 Å². The molecule has 3 saturated heterocycles. The van der Waals surface area contributed by atoms with Gasteiger partial charge in [-0.05, 0) is 37.2 Å². The van der Waals surface area contributed by atoms with E-state index in [0.717, 1.165) is 32.5 Å². The number of nitrogens with one attached hydrogen (secondary N) is 1. The van der Waals surface area contributed by atoms with Gasteiger partial charge in [-0.25, -0.2) is 0 Å². The molecule has 4 fully saturated rings. The molecule has 4 unspecified atom stereocenters. The lowest BCUT2D eigenvalue weighted by atomic mass is 9.65. The fourth-order valence-electron chi connectivity index (χ4n) is 4.70. The summed E-state index contributed by atoms with van der Waals surface area (Å²) in [6, 6.07) is 9.31. The molecule has 0 spiro atoms. The second-order valence-electron chi connectivity index (χ2n) is 7.14. The minimum atomic E-state index is -0.438. The van der Waals surface area contributed by atoms with Crippen LogP contribution in [0.15, 0.2) is 24.3 Å². The number of fused-ring (bicyclic) bond motifs is 1. The quantitative estimate of drug-likeness (QED) is 0.872. The molecule has 4 bridgehead atoms. The van der Waals surface area contributed by atoms with Crippen LogP contribution in [0.5, 0.6) is 0 Å². The van der Waals surface area contributed by atoms with Crippen LogP contribution in [0.1, 0.15) is 24.0 Å². The molecule has 112 valence electrons. The number of primary amides is 1. The van der Waals surface area contributed by atoms with Crippen molar-refractivity contribution in [2.24, 2.45) is 17.6 Å². The summed E-state index contributed by atoms with van der Waals surface area (Å²) in [6.07, 6.45) is 1.81. The van der Waals surface area contributed by atoms with Crippen molar-refractivity contribution in [3.63, 3.8) is 0 Å². The van der Waals surface area contributed by atoms with Gasteiger partial charge in [0.15, 0.2) is 0 Å². The van der Waals surface area contributed by atoms with E-state index in [2.05, 4.69) is 41.4 Å². The summed E-state index contributed by atoms with van der Waals surface area (Å²) in [4.78, 5) is 14.5. The molecular formula is C17H23N3O. The number of carbonyl (C=O) groups is 1. The Hall–Kier alpha value is -1.39. The molecule has 0 aromatic heterocycles. The van der Waals surface area contributed by atoms with Crippen LogP contribution in [0.25, 0.3) is 0 Å². The summed E-state index contributed by atoms with van der Waals surface area (Å²) in [6.45, 7) is 5.17. The Kier molecular flexibility index (Phi) is 2.88. The van der Waals surface area contributed by atoms with Crippen molar-refractivity contribution in [3.8, 4) is 0 Å². The van der Waals surface area contributed by atoms with Crippen molar-refractivity contribution in [1.29, 1.82) is 0 Å². The third-order valence-electron chi connectivity index (χ3n) is 5.86. The molecule has 1 aromatic carbocycles. The molecule has 3 heterocycles. The SMILES string of the molecule is Cc1ccc(CN2CC3CC4(C(N)=O)CC2C3CN4)cc1. The van der Waals surface area contributed by atoms with Gasteiger partial charge in [-0.2, -0.15) is 0 Å². The van der Waals surface area contributed by atoms with Gasteiger partial charge in [0.25, 0.3) is 0 Å². The molecule has 1 aromatic rings. The Morgan fingerprint density at radius 2 is 2.14 bits per heavy atom. The number of hydrogen-bond donors (Lipinski definition) is 2. The number of aryl methyl sites for hydroxylation is 1. The lowest BCUT2D eigenvalue weighted by Gasteiger charge is -2.49. The maximum atomic E-state index is 11.9. The molecule has 4 atom stereocenters. The summed E-state index contributed by atoms with van der Waals surface area (Å²) < 4.78 is 0. The van der Waals surface area contributed by atoms with Crippen molar-refractivity contribution in [3.05, 3.63) is 35.4 Å². The van der Waals surface area contributed by atoms with Crippen LogP contribution in [0.4, 0.5) is 0 Å². The summed E-state index contributed by atoms with van der Waals surface area (Å²) in [7, 11) is 0. The Bertz CT molecular complexity index is 570. The summed E-state index contributed by atoms with van der Waals surface area (Å²) >= 11 is 0. The zero-order valence-corrected chi connectivity index (χ0v) is 12.5. The summed E-state index contributed by atoms with van der Waals surface area (Å²) in [5, 5.41) is 3.42. The smallest absolute Gasteiger partial charge is 0.237 e. The van der Waals surface area contributed by atoms with E-state index in [-0.39, 0.29) is 5.91 Å². The number of nitrogens with two attached hydrogens (primary N) is 1. The highest BCUT2D eigenvalue weighted by Gasteiger charge is 2.58. The lowest BCUT2D eigenvalue weighted by Crippen LogP contribution is -2.68. The van der Waals surface area contributed by atoms with E-state index in [4.69, 9.17) is 5.73 Å². The van der Waals surface area contributed by atoms with Crippen molar-refractivity contribution in [1.82, 2.24) is 10.2 Å². The van der Waals surface area contributed by atoms with Gasteiger partial charge in [0.2, 0.25) is 5.91 Å². The number of carbonyl (C=O) groups excluding carboxylic acids is 1. The van der Waals surface area contributed by atoms with E-state index in [9.17, 15) is 4.79 Å². The molecule has 1 saturated carbocycles. The number of nitrogens with zero attached hydrogens (tertiary/aromatic N) is 1. The molecule has 1 aliphatic carbocycles. The number of amides is 1. The summed E-state index contributed by atoms with van der Waals surface area (Å²) in [5.74, 6) is 1.16. The first-order chi connectivity index (χ1) is 10.1. The van der Waals surface area contributed by atoms with Crippen LogP contribution in [0.2, 0.25) is 0 Å². The third kappa shape index (κ3) is 2.00. The van der Waals surface area contributed by atoms with E-state index < -0.39 is 5.54 Å². The zero-order chi connectivity index (χ0) is 14.6. The van der Waals surface area contributed by atoms with Crippen LogP contribution in [-0.2, 0) is 11.3 Å². The molecule has 5 rings (SSSR count). The maximum absolute atomic E-state index is 11.9. The van der Waals surface area contributed by atoms with Crippen molar-refractivity contribution < 1.29 is 4.79 Å². The van der Waals surface area contributed by atoms with Crippen molar-refractivity contribution in [2.45, 2.75) is 37.9 Å². The number of likely N-dealkylation sites (tertiary alicyclic amines) is 1. The minimum Gasteiger partial charge on any atom is -0.368 e. The van der Waals surface area contributed by atoms with E-state index in [1.54, 1.807) is 0 Å².